The summed E-state index contributed by atoms with van der Waals surface area (Å²) in [7, 11) is 0. The lowest BCUT2D eigenvalue weighted by Crippen LogP contribution is -2.17. The molecule has 1 fully saturated rings. The van der Waals surface area contributed by atoms with Gasteiger partial charge in [0.25, 0.3) is 0 Å². The Kier molecular flexibility index (Phi) is 4.37. The Balaban J connectivity index is 1.63. The molecule has 5 nitrogen and oxygen atoms in total. The SMILES string of the molecule is O=C(OC1CCOC1)c1ccc2nc(-c3cc(Cl)cc(Cl)c3)oc2c1. The average Bonchev–Trinajstić information content (AvgIpc) is 3.22. The van der Waals surface area contributed by atoms with Gasteiger partial charge in [0.2, 0.25) is 5.89 Å². The average molecular weight is 378 g/mol. The Bertz CT molecular complexity index is 927. The van der Waals surface area contributed by atoms with Crippen LogP contribution in [0.5, 0.6) is 0 Å². The van der Waals surface area contributed by atoms with Crippen LogP contribution in [0.25, 0.3) is 22.6 Å². The Labute approximate surface area is 153 Å². The third-order valence-electron chi connectivity index (χ3n) is 3.90. The zero-order valence-corrected chi connectivity index (χ0v) is 14.5. The maximum atomic E-state index is 12.2. The second kappa shape index (κ2) is 6.67. The summed E-state index contributed by atoms with van der Waals surface area (Å²) in [4.78, 5) is 16.6. The van der Waals surface area contributed by atoms with Crippen molar-refractivity contribution in [2.75, 3.05) is 13.2 Å². The molecule has 2 heterocycles. The van der Waals surface area contributed by atoms with E-state index < -0.39 is 5.97 Å². The summed E-state index contributed by atoms with van der Waals surface area (Å²) in [5.41, 5.74) is 2.20. The monoisotopic (exact) mass is 377 g/mol. The van der Waals surface area contributed by atoms with E-state index in [2.05, 4.69) is 4.98 Å². The minimum Gasteiger partial charge on any atom is -0.456 e. The molecule has 0 N–H and O–H groups in total. The molecule has 2 aromatic carbocycles. The van der Waals surface area contributed by atoms with Gasteiger partial charge in [0.05, 0.1) is 18.8 Å². The molecule has 1 atom stereocenters. The minimum absolute atomic E-state index is 0.193. The Morgan fingerprint density at radius 1 is 1.16 bits per heavy atom. The van der Waals surface area contributed by atoms with Crippen LogP contribution in [-0.2, 0) is 9.47 Å². The molecule has 3 aromatic rings. The van der Waals surface area contributed by atoms with Crippen molar-refractivity contribution in [3.63, 3.8) is 0 Å². The number of ether oxygens (including phenoxy) is 2. The second-order valence-electron chi connectivity index (χ2n) is 5.75. The Morgan fingerprint density at radius 3 is 2.68 bits per heavy atom. The molecule has 0 saturated carbocycles. The van der Waals surface area contributed by atoms with Crippen LogP contribution < -0.4 is 0 Å². The number of hydrogen-bond acceptors (Lipinski definition) is 5. The Morgan fingerprint density at radius 2 is 1.96 bits per heavy atom. The van der Waals surface area contributed by atoms with Gasteiger partial charge in [-0.2, -0.15) is 0 Å². The smallest absolute Gasteiger partial charge is 0.338 e. The number of halogens is 2. The predicted octanol–water partition coefficient (Wildman–Crippen LogP) is 4.75. The molecule has 1 aliphatic rings. The highest BCUT2D eigenvalue weighted by Gasteiger charge is 2.21. The lowest BCUT2D eigenvalue weighted by Gasteiger charge is -2.09. The first kappa shape index (κ1) is 16.4. The van der Waals surface area contributed by atoms with Gasteiger partial charge in [-0.15, -0.1) is 0 Å². The highest BCUT2D eigenvalue weighted by molar-refractivity contribution is 6.35. The molecule has 1 unspecified atom stereocenters. The van der Waals surface area contributed by atoms with Gasteiger partial charge in [-0.05, 0) is 36.4 Å². The van der Waals surface area contributed by atoms with Gasteiger partial charge in [0, 0.05) is 22.0 Å². The maximum Gasteiger partial charge on any atom is 0.338 e. The molecule has 1 saturated heterocycles. The van der Waals surface area contributed by atoms with Gasteiger partial charge < -0.3 is 13.9 Å². The molecular weight excluding hydrogens is 365 g/mol. The zero-order chi connectivity index (χ0) is 17.4. The molecule has 7 heteroatoms. The molecule has 0 bridgehead atoms. The van der Waals surface area contributed by atoms with E-state index in [1.54, 1.807) is 36.4 Å². The van der Waals surface area contributed by atoms with Gasteiger partial charge in [-0.25, -0.2) is 9.78 Å². The van der Waals surface area contributed by atoms with Gasteiger partial charge in [-0.1, -0.05) is 23.2 Å². The largest absolute Gasteiger partial charge is 0.456 e. The van der Waals surface area contributed by atoms with E-state index in [1.165, 1.54) is 0 Å². The van der Waals surface area contributed by atoms with Crippen molar-refractivity contribution in [1.29, 1.82) is 0 Å². The van der Waals surface area contributed by atoms with Crippen molar-refractivity contribution in [3.8, 4) is 11.5 Å². The minimum atomic E-state index is -0.402. The fourth-order valence-electron chi connectivity index (χ4n) is 2.68. The van der Waals surface area contributed by atoms with Crippen molar-refractivity contribution in [2.45, 2.75) is 12.5 Å². The van der Waals surface area contributed by atoms with Gasteiger partial charge >= 0.3 is 5.97 Å². The summed E-state index contributed by atoms with van der Waals surface area (Å²) in [6, 6.07) is 10.1. The number of benzene rings is 2. The van der Waals surface area contributed by atoms with Crippen molar-refractivity contribution in [1.82, 2.24) is 4.98 Å². The van der Waals surface area contributed by atoms with Crippen LogP contribution in [0, 0.1) is 0 Å². The summed E-state index contributed by atoms with van der Waals surface area (Å²) < 4.78 is 16.4. The number of esters is 1. The van der Waals surface area contributed by atoms with Crippen LogP contribution in [-0.4, -0.2) is 30.3 Å². The molecule has 0 amide bonds. The molecule has 25 heavy (non-hydrogen) atoms. The van der Waals surface area contributed by atoms with Crippen molar-refractivity contribution >= 4 is 40.3 Å². The normalized spacial score (nSPS) is 17.1. The fourth-order valence-corrected chi connectivity index (χ4v) is 3.20. The molecule has 1 aliphatic heterocycles. The molecule has 0 radical (unpaired) electrons. The first-order valence-corrected chi connectivity index (χ1v) is 8.50. The first-order chi connectivity index (χ1) is 12.1. The number of carbonyl (C=O) groups is 1. The molecule has 0 spiro atoms. The number of nitrogens with zero attached hydrogens (tertiary/aromatic N) is 1. The zero-order valence-electron chi connectivity index (χ0n) is 13.0. The van der Waals surface area contributed by atoms with Crippen LogP contribution in [0.3, 0.4) is 0 Å². The van der Waals surface area contributed by atoms with E-state index in [0.717, 1.165) is 6.42 Å². The number of hydrogen-bond donors (Lipinski definition) is 0. The number of aromatic nitrogens is 1. The second-order valence-corrected chi connectivity index (χ2v) is 6.62. The van der Waals surface area contributed by atoms with Crippen molar-refractivity contribution < 1.29 is 18.7 Å². The molecule has 0 aliphatic carbocycles. The number of fused-ring (bicyclic) bond motifs is 1. The van der Waals surface area contributed by atoms with Crippen LogP contribution in [0.1, 0.15) is 16.8 Å². The van der Waals surface area contributed by atoms with E-state index in [4.69, 9.17) is 37.1 Å². The van der Waals surface area contributed by atoms with Crippen LogP contribution in [0.4, 0.5) is 0 Å². The van der Waals surface area contributed by atoms with Crippen molar-refractivity contribution in [2.24, 2.45) is 0 Å². The quantitative estimate of drug-likeness (QED) is 0.616. The van der Waals surface area contributed by atoms with E-state index in [-0.39, 0.29) is 6.10 Å². The molecular formula is C18H13Cl2NO4. The Hall–Kier alpha value is -2.08. The summed E-state index contributed by atoms with van der Waals surface area (Å²) >= 11 is 12.0. The summed E-state index contributed by atoms with van der Waals surface area (Å²) in [5, 5.41) is 0.987. The topological polar surface area (TPSA) is 61.6 Å². The van der Waals surface area contributed by atoms with E-state index in [0.29, 0.717) is 51.4 Å². The third-order valence-corrected chi connectivity index (χ3v) is 4.33. The van der Waals surface area contributed by atoms with Crippen molar-refractivity contribution in [3.05, 3.63) is 52.0 Å². The molecule has 4 rings (SSSR count). The van der Waals surface area contributed by atoms with Crippen LogP contribution >= 0.6 is 23.2 Å². The maximum absolute atomic E-state index is 12.2. The summed E-state index contributed by atoms with van der Waals surface area (Å²) in [5.74, 6) is -0.0183. The standard InChI is InChI=1S/C18H13Cl2NO4/c19-12-5-11(6-13(20)8-12)17-21-15-2-1-10(7-16(15)25-17)18(22)24-14-3-4-23-9-14/h1-2,5-8,14H,3-4,9H2. The fraction of sp³-hybridized carbons (Fsp3) is 0.222. The lowest BCUT2D eigenvalue weighted by atomic mass is 10.2. The van der Waals surface area contributed by atoms with E-state index >= 15 is 0 Å². The highest BCUT2D eigenvalue weighted by Crippen LogP contribution is 2.29. The van der Waals surface area contributed by atoms with Crippen LogP contribution in [0.15, 0.2) is 40.8 Å². The lowest BCUT2D eigenvalue weighted by molar-refractivity contribution is 0.0270. The number of rotatable bonds is 3. The van der Waals surface area contributed by atoms with Gasteiger partial charge in [-0.3, -0.25) is 0 Å². The summed E-state index contributed by atoms with van der Waals surface area (Å²) in [6.45, 7) is 1.06. The molecule has 1 aromatic heterocycles. The predicted molar refractivity (Wildman–Crippen MR) is 94.1 cm³/mol. The molecule has 128 valence electrons. The summed E-state index contributed by atoms with van der Waals surface area (Å²) in [6.07, 6.45) is 0.526. The van der Waals surface area contributed by atoms with Crippen LogP contribution in [0.2, 0.25) is 10.0 Å². The first-order valence-electron chi connectivity index (χ1n) is 7.74. The number of carbonyl (C=O) groups excluding carboxylic acids is 1. The van der Waals surface area contributed by atoms with Gasteiger partial charge in [0.1, 0.15) is 11.6 Å². The van der Waals surface area contributed by atoms with E-state index in [9.17, 15) is 4.79 Å². The van der Waals surface area contributed by atoms with Gasteiger partial charge in [0.15, 0.2) is 5.58 Å². The van der Waals surface area contributed by atoms with E-state index in [1.807, 2.05) is 0 Å². The number of oxazole rings is 1. The highest BCUT2D eigenvalue weighted by atomic mass is 35.5. The third kappa shape index (κ3) is 3.49.